The van der Waals surface area contributed by atoms with Crippen molar-refractivity contribution in [1.82, 2.24) is 24.9 Å². The molecule has 0 aromatic carbocycles. The number of fused-ring (bicyclic) bond motifs is 1. The zero-order chi connectivity index (χ0) is 13.1. The second-order valence-electron chi connectivity index (χ2n) is 4.46. The van der Waals surface area contributed by atoms with Crippen LogP contribution in [0.4, 0.5) is 0 Å². The van der Waals surface area contributed by atoms with E-state index in [2.05, 4.69) is 26.6 Å². The molecular weight excluding hydrogens is 238 g/mol. The molecule has 3 heterocycles. The van der Waals surface area contributed by atoms with Crippen LogP contribution >= 0.6 is 0 Å². The summed E-state index contributed by atoms with van der Waals surface area (Å²) in [5, 5.41) is 11.6. The van der Waals surface area contributed by atoms with Gasteiger partial charge in [-0.05, 0) is 30.7 Å². The molecule has 19 heavy (non-hydrogen) atoms. The highest BCUT2D eigenvalue weighted by molar-refractivity contribution is 5.36. The molecule has 5 nitrogen and oxygen atoms in total. The van der Waals surface area contributed by atoms with Crippen molar-refractivity contribution in [1.29, 1.82) is 0 Å². The molecule has 3 aromatic heterocycles. The fraction of sp³-hybridized carbons (Fsp3) is 0.214. The minimum atomic E-state index is 0.680. The van der Waals surface area contributed by atoms with E-state index in [1.54, 1.807) is 0 Å². The van der Waals surface area contributed by atoms with Crippen molar-refractivity contribution >= 4 is 5.65 Å². The Labute approximate surface area is 111 Å². The number of pyridine rings is 2. The monoisotopic (exact) mass is 253 g/mol. The summed E-state index contributed by atoms with van der Waals surface area (Å²) in [6.07, 6.45) is 3.87. The predicted octanol–water partition coefficient (Wildman–Crippen LogP) is 1.72. The molecule has 0 fully saturated rings. The van der Waals surface area contributed by atoms with Gasteiger partial charge in [0.25, 0.3) is 0 Å². The van der Waals surface area contributed by atoms with E-state index in [9.17, 15) is 0 Å². The van der Waals surface area contributed by atoms with Crippen LogP contribution in [0.5, 0.6) is 0 Å². The van der Waals surface area contributed by atoms with Crippen molar-refractivity contribution in [2.75, 3.05) is 0 Å². The molecule has 0 saturated heterocycles. The Morgan fingerprint density at radius 2 is 2.05 bits per heavy atom. The van der Waals surface area contributed by atoms with Crippen molar-refractivity contribution in [2.45, 2.75) is 20.0 Å². The van der Waals surface area contributed by atoms with Crippen molar-refractivity contribution in [3.05, 3.63) is 59.8 Å². The second kappa shape index (κ2) is 5.16. The quantitative estimate of drug-likeness (QED) is 0.769. The van der Waals surface area contributed by atoms with Gasteiger partial charge in [0.05, 0.1) is 6.54 Å². The first-order valence-electron chi connectivity index (χ1n) is 6.24. The second-order valence-corrected chi connectivity index (χ2v) is 4.46. The smallest absolute Gasteiger partial charge is 0.160 e. The molecule has 0 aliphatic heterocycles. The molecular formula is C14H15N5. The highest BCUT2D eigenvalue weighted by atomic mass is 15.3. The van der Waals surface area contributed by atoms with Gasteiger partial charge in [0, 0.05) is 24.6 Å². The van der Waals surface area contributed by atoms with Crippen molar-refractivity contribution < 1.29 is 0 Å². The van der Waals surface area contributed by atoms with E-state index >= 15 is 0 Å². The van der Waals surface area contributed by atoms with Gasteiger partial charge in [-0.15, -0.1) is 10.2 Å². The lowest BCUT2D eigenvalue weighted by molar-refractivity contribution is 0.655. The number of nitrogens with one attached hydrogen (secondary N) is 1. The summed E-state index contributed by atoms with van der Waals surface area (Å²) in [7, 11) is 0. The first-order valence-corrected chi connectivity index (χ1v) is 6.24. The van der Waals surface area contributed by atoms with Crippen LogP contribution in [0.25, 0.3) is 5.65 Å². The molecule has 0 amide bonds. The molecule has 0 aliphatic carbocycles. The van der Waals surface area contributed by atoms with Gasteiger partial charge in [0.15, 0.2) is 11.5 Å². The number of nitrogens with zero attached hydrogens (tertiary/aromatic N) is 4. The average Bonchev–Trinajstić information content (AvgIpc) is 2.85. The third-order valence-corrected chi connectivity index (χ3v) is 2.97. The molecule has 0 saturated carbocycles. The minimum absolute atomic E-state index is 0.680. The molecule has 0 aliphatic rings. The van der Waals surface area contributed by atoms with Crippen LogP contribution in [-0.2, 0) is 13.1 Å². The zero-order valence-corrected chi connectivity index (χ0v) is 10.7. The maximum absolute atomic E-state index is 4.27. The third kappa shape index (κ3) is 2.61. The third-order valence-electron chi connectivity index (χ3n) is 2.97. The van der Waals surface area contributed by atoms with Gasteiger partial charge in [-0.25, -0.2) is 0 Å². The van der Waals surface area contributed by atoms with Crippen molar-refractivity contribution in [2.24, 2.45) is 0 Å². The van der Waals surface area contributed by atoms with Gasteiger partial charge >= 0.3 is 0 Å². The highest BCUT2D eigenvalue weighted by Gasteiger charge is 2.03. The van der Waals surface area contributed by atoms with E-state index in [0.717, 1.165) is 23.7 Å². The Bertz CT molecular complexity index is 672. The summed E-state index contributed by atoms with van der Waals surface area (Å²) in [4.78, 5) is 4.27. The standard InChI is InChI=1S/C14H15N5/c1-11-5-6-12(9-16-11)8-15-10-14-18-17-13-4-2-3-7-19(13)14/h2-7,9,15H,8,10H2,1H3. The van der Waals surface area contributed by atoms with E-state index in [1.807, 2.05) is 48.0 Å². The lowest BCUT2D eigenvalue weighted by atomic mass is 10.2. The van der Waals surface area contributed by atoms with Crippen LogP contribution < -0.4 is 5.32 Å². The summed E-state index contributed by atoms with van der Waals surface area (Å²) < 4.78 is 1.99. The molecule has 0 spiro atoms. The minimum Gasteiger partial charge on any atom is -0.306 e. The Hall–Kier alpha value is -2.27. The van der Waals surface area contributed by atoms with Gasteiger partial charge < -0.3 is 5.32 Å². The van der Waals surface area contributed by atoms with Gasteiger partial charge in [0.1, 0.15) is 0 Å². The maximum Gasteiger partial charge on any atom is 0.160 e. The molecule has 0 bridgehead atoms. The zero-order valence-electron chi connectivity index (χ0n) is 10.7. The van der Waals surface area contributed by atoms with E-state index in [4.69, 9.17) is 0 Å². The Kier molecular flexibility index (Phi) is 3.20. The van der Waals surface area contributed by atoms with E-state index < -0.39 is 0 Å². The SMILES string of the molecule is Cc1ccc(CNCc2nnc3ccccn23)cn1. The molecule has 3 aromatic rings. The summed E-state index contributed by atoms with van der Waals surface area (Å²) in [5.74, 6) is 0.913. The molecule has 3 rings (SSSR count). The number of hydrogen-bond donors (Lipinski definition) is 1. The number of rotatable bonds is 4. The van der Waals surface area contributed by atoms with Gasteiger partial charge in [0.2, 0.25) is 0 Å². The van der Waals surface area contributed by atoms with Gasteiger partial charge in [-0.1, -0.05) is 12.1 Å². The fourth-order valence-corrected chi connectivity index (χ4v) is 1.93. The van der Waals surface area contributed by atoms with Crippen LogP contribution in [0, 0.1) is 6.92 Å². The number of aryl methyl sites for hydroxylation is 1. The summed E-state index contributed by atoms with van der Waals surface area (Å²) in [5.41, 5.74) is 3.07. The molecule has 0 unspecified atom stereocenters. The fourth-order valence-electron chi connectivity index (χ4n) is 1.93. The highest BCUT2D eigenvalue weighted by Crippen LogP contribution is 2.03. The first-order chi connectivity index (χ1) is 9.33. The Balaban J connectivity index is 1.65. The van der Waals surface area contributed by atoms with Crippen molar-refractivity contribution in [3.63, 3.8) is 0 Å². The first kappa shape index (κ1) is 11.8. The molecule has 96 valence electrons. The predicted molar refractivity (Wildman–Crippen MR) is 72.5 cm³/mol. The summed E-state index contributed by atoms with van der Waals surface area (Å²) >= 11 is 0. The van der Waals surface area contributed by atoms with E-state index in [-0.39, 0.29) is 0 Å². The van der Waals surface area contributed by atoms with Crippen LogP contribution in [0.3, 0.4) is 0 Å². The molecule has 0 atom stereocenters. The van der Waals surface area contributed by atoms with Crippen molar-refractivity contribution in [3.8, 4) is 0 Å². The van der Waals surface area contributed by atoms with Crippen LogP contribution in [0.15, 0.2) is 42.7 Å². The lowest BCUT2D eigenvalue weighted by Crippen LogP contribution is -2.15. The van der Waals surface area contributed by atoms with Gasteiger partial charge in [-0.2, -0.15) is 0 Å². The normalized spacial score (nSPS) is 11.0. The Morgan fingerprint density at radius 1 is 1.11 bits per heavy atom. The van der Waals surface area contributed by atoms with Crippen LogP contribution in [0.2, 0.25) is 0 Å². The van der Waals surface area contributed by atoms with Crippen LogP contribution in [0.1, 0.15) is 17.1 Å². The number of hydrogen-bond acceptors (Lipinski definition) is 4. The van der Waals surface area contributed by atoms with E-state index in [0.29, 0.717) is 6.54 Å². The largest absolute Gasteiger partial charge is 0.306 e. The summed E-state index contributed by atoms with van der Waals surface area (Å²) in [6, 6.07) is 9.98. The Morgan fingerprint density at radius 3 is 2.89 bits per heavy atom. The summed E-state index contributed by atoms with van der Waals surface area (Å²) in [6.45, 7) is 3.44. The average molecular weight is 253 g/mol. The number of aromatic nitrogens is 4. The molecule has 5 heteroatoms. The molecule has 0 radical (unpaired) electrons. The topological polar surface area (TPSA) is 55.1 Å². The maximum atomic E-state index is 4.27. The van der Waals surface area contributed by atoms with Crippen LogP contribution in [-0.4, -0.2) is 19.6 Å². The molecule has 1 N–H and O–H groups in total. The van der Waals surface area contributed by atoms with E-state index in [1.165, 1.54) is 5.56 Å². The van der Waals surface area contributed by atoms with Gasteiger partial charge in [-0.3, -0.25) is 9.38 Å². The lowest BCUT2D eigenvalue weighted by Gasteiger charge is -2.04.